The molecule has 14 heteroatoms. The van der Waals surface area contributed by atoms with E-state index in [-0.39, 0.29) is 29.5 Å². The molecule has 0 bridgehead atoms. The number of aryl methyl sites for hydroxylation is 1. The number of hydrogen-bond acceptors (Lipinski definition) is 6. The summed E-state index contributed by atoms with van der Waals surface area (Å²) in [4.78, 5) is 48.9. The molecule has 4 aromatic rings. The number of H-pyrrole nitrogens is 1. The highest BCUT2D eigenvalue weighted by Gasteiger charge is 2.30. The molecule has 0 unspecified atom stereocenters. The van der Waals surface area contributed by atoms with Gasteiger partial charge in [-0.2, -0.15) is 13.2 Å². The molecule has 2 aromatic carbocycles. The maximum Gasteiger partial charge on any atom is 0.416 e. The van der Waals surface area contributed by atoms with Gasteiger partial charge in [0.05, 0.1) is 5.56 Å². The van der Waals surface area contributed by atoms with Crippen LogP contribution in [0.2, 0.25) is 0 Å². The van der Waals surface area contributed by atoms with Crippen molar-refractivity contribution in [3.8, 4) is 0 Å². The van der Waals surface area contributed by atoms with E-state index >= 15 is 0 Å². The van der Waals surface area contributed by atoms with E-state index in [9.17, 15) is 27.6 Å². The number of benzene rings is 2. The van der Waals surface area contributed by atoms with Gasteiger partial charge < -0.3 is 16.0 Å². The summed E-state index contributed by atoms with van der Waals surface area (Å²) < 4.78 is 38.2. The molecule has 2 aromatic heterocycles. The first-order valence-electron chi connectivity index (χ1n) is 11.5. The molecular weight excluding hydrogens is 535 g/mol. The lowest BCUT2D eigenvalue weighted by molar-refractivity contribution is -0.137. The number of halogens is 3. The van der Waals surface area contributed by atoms with Gasteiger partial charge in [-0.1, -0.05) is 19.1 Å². The van der Waals surface area contributed by atoms with Crippen LogP contribution in [-0.4, -0.2) is 32.8 Å². The van der Waals surface area contributed by atoms with Gasteiger partial charge in [0.15, 0.2) is 10.9 Å². The lowest BCUT2D eigenvalue weighted by Gasteiger charge is -2.09. The normalized spacial score (nSPS) is 11.2. The van der Waals surface area contributed by atoms with Crippen molar-refractivity contribution in [2.24, 2.45) is 5.73 Å². The van der Waals surface area contributed by atoms with Gasteiger partial charge in [0, 0.05) is 28.7 Å². The zero-order chi connectivity index (χ0) is 28.2. The Labute approximate surface area is 223 Å². The third-order valence-electron chi connectivity index (χ3n) is 5.41. The van der Waals surface area contributed by atoms with Gasteiger partial charge in [0.1, 0.15) is 11.5 Å². The second-order valence-corrected chi connectivity index (χ2v) is 9.35. The summed E-state index contributed by atoms with van der Waals surface area (Å²) in [6, 6.07) is 9.70. The van der Waals surface area contributed by atoms with E-state index in [0.29, 0.717) is 16.5 Å². The topological polar surface area (TPSA) is 155 Å². The van der Waals surface area contributed by atoms with E-state index in [1.165, 1.54) is 11.3 Å². The Morgan fingerprint density at radius 3 is 2.28 bits per heavy atom. The van der Waals surface area contributed by atoms with Crippen LogP contribution in [0.3, 0.4) is 0 Å². The maximum atomic E-state index is 12.7. The number of carbonyl (C=O) groups is 3. The van der Waals surface area contributed by atoms with Gasteiger partial charge >= 0.3 is 12.2 Å². The van der Waals surface area contributed by atoms with Crippen molar-refractivity contribution < 1.29 is 27.6 Å². The monoisotopic (exact) mass is 557 g/mol. The number of primary amides is 1. The summed E-state index contributed by atoms with van der Waals surface area (Å²) in [7, 11) is 0. The number of nitrogens with one attached hydrogen (secondary N) is 4. The summed E-state index contributed by atoms with van der Waals surface area (Å²) in [5.41, 5.74) is 5.65. The number of amides is 4. The molecule has 0 atom stereocenters. The van der Waals surface area contributed by atoms with Crippen molar-refractivity contribution in [2.45, 2.75) is 25.9 Å². The van der Waals surface area contributed by atoms with Crippen LogP contribution in [-0.2, 0) is 19.0 Å². The summed E-state index contributed by atoms with van der Waals surface area (Å²) in [5, 5.41) is 8.00. The molecule has 4 amide bonds. The smallest absolute Gasteiger partial charge is 0.364 e. The van der Waals surface area contributed by atoms with Crippen LogP contribution in [0.15, 0.2) is 54.7 Å². The van der Waals surface area contributed by atoms with Crippen LogP contribution >= 0.6 is 11.3 Å². The van der Waals surface area contributed by atoms with Crippen LogP contribution in [0.1, 0.15) is 49.6 Å². The van der Waals surface area contributed by atoms with E-state index in [1.807, 2.05) is 6.92 Å². The zero-order valence-corrected chi connectivity index (χ0v) is 21.2. The first-order valence-corrected chi connectivity index (χ1v) is 12.3. The van der Waals surface area contributed by atoms with Crippen molar-refractivity contribution in [3.63, 3.8) is 0 Å². The molecule has 4 rings (SSSR count). The van der Waals surface area contributed by atoms with E-state index in [4.69, 9.17) is 5.73 Å². The van der Waals surface area contributed by atoms with Gasteiger partial charge in [-0.3, -0.25) is 20.2 Å². The van der Waals surface area contributed by atoms with E-state index in [0.717, 1.165) is 41.1 Å². The first-order chi connectivity index (χ1) is 18.5. The third kappa shape index (κ3) is 6.98. The molecule has 6 N–H and O–H groups in total. The first kappa shape index (κ1) is 27.3. The minimum Gasteiger partial charge on any atom is -0.364 e. The molecule has 202 valence electrons. The molecule has 0 saturated carbocycles. The number of nitrogens with two attached hydrogens (primary N) is 1. The van der Waals surface area contributed by atoms with Crippen molar-refractivity contribution in [3.05, 3.63) is 87.8 Å². The van der Waals surface area contributed by atoms with Crippen LogP contribution in [0, 0.1) is 0 Å². The lowest BCUT2D eigenvalue weighted by atomic mass is 10.1. The molecule has 0 aliphatic heterocycles. The predicted molar refractivity (Wildman–Crippen MR) is 140 cm³/mol. The number of imidazole rings is 1. The number of anilines is 3. The van der Waals surface area contributed by atoms with E-state index in [1.54, 1.807) is 30.5 Å². The van der Waals surface area contributed by atoms with Gasteiger partial charge in [0.2, 0.25) is 0 Å². The third-order valence-corrected chi connectivity index (χ3v) is 6.47. The Kier molecular flexibility index (Phi) is 7.95. The summed E-state index contributed by atoms with van der Waals surface area (Å²) in [5.74, 6) is -1.02. The zero-order valence-electron chi connectivity index (χ0n) is 20.3. The number of nitrogens with zero attached hydrogens (tertiary/aromatic N) is 2. The highest BCUT2D eigenvalue weighted by atomic mass is 32.1. The quantitative estimate of drug-likeness (QED) is 0.205. The Morgan fingerprint density at radius 2 is 1.69 bits per heavy atom. The highest BCUT2D eigenvalue weighted by Crippen LogP contribution is 2.30. The number of rotatable bonds is 8. The molecule has 39 heavy (non-hydrogen) atoms. The van der Waals surface area contributed by atoms with Gasteiger partial charge in [-0.15, -0.1) is 11.3 Å². The molecule has 2 heterocycles. The molecular formula is C25H22F3N7O3S. The number of aromatic nitrogens is 3. The number of urea groups is 1. The van der Waals surface area contributed by atoms with Crippen molar-refractivity contribution >= 4 is 45.8 Å². The average molecular weight is 558 g/mol. The lowest BCUT2D eigenvalue weighted by Crippen LogP contribution is -2.22. The van der Waals surface area contributed by atoms with Crippen molar-refractivity contribution in [1.29, 1.82) is 0 Å². The Hall–Kier alpha value is -4.72. The summed E-state index contributed by atoms with van der Waals surface area (Å²) in [6.07, 6.45) is -1.74. The molecule has 0 fully saturated rings. The van der Waals surface area contributed by atoms with Crippen molar-refractivity contribution in [1.82, 2.24) is 15.0 Å². The van der Waals surface area contributed by atoms with Crippen LogP contribution < -0.4 is 21.7 Å². The fraction of sp³-hybridized carbons (Fsp3) is 0.160. The van der Waals surface area contributed by atoms with Crippen molar-refractivity contribution in [2.75, 3.05) is 16.0 Å². The number of hydrogen-bond donors (Lipinski definition) is 5. The SMILES string of the molecule is CCc1cnc(NC(=O)c2ccc(Cc3nc(NC(=O)Nc4ccc(C(F)(F)F)cc4)c(C(N)=O)[nH]3)cc2)s1. The van der Waals surface area contributed by atoms with Crippen LogP contribution in [0.4, 0.5) is 34.6 Å². The predicted octanol–water partition coefficient (Wildman–Crippen LogP) is 5.03. The second kappa shape index (κ2) is 11.3. The highest BCUT2D eigenvalue weighted by molar-refractivity contribution is 7.15. The molecule has 10 nitrogen and oxygen atoms in total. The summed E-state index contributed by atoms with van der Waals surface area (Å²) in [6.45, 7) is 2.00. The Bertz CT molecular complexity index is 1500. The average Bonchev–Trinajstić information content (AvgIpc) is 3.50. The molecule has 0 radical (unpaired) electrons. The number of thiazole rings is 1. The Balaban J connectivity index is 1.40. The molecule has 0 aliphatic rings. The number of aromatic amines is 1. The van der Waals surface area contributed by atoms with Gasteiger partial charge in [-0.05, 0) is 48.4 Å². The number of alkyl halides is 3. The molecule has 0 saturated heterocycles. The summed E-state index contributed by atoms with van der Waals surface area (Å²) >= 11 is 1.40. The largest absolute Gasteiger partial charge is 0.416 e. The van der Waals surface area contributed by atoms with Gasteiger partial charge in [0.25, 0.3) is 11.8 Å². The minimum absolute atomic E-state index is 0.0988. The maximum absolute atomic E-state index is 12.7. The standard InChI is InChI=1S/C25H22F3N7O3S/c1-2-17-12-30-24(39-17)35-22(37)14-5-3-13(4-6-14)11-18-32-19(20(29)36)21(33-18)34-23(38)31-16-9-7-15(8-10-16)25(26,27)28/h3-10,12H,2,11H2,1H3,(H2,29,36)(H,32,33)(H,30,35,37)(H2,31,34,38). The molecule has 0 spiro atoms. The Morgan fingerprint density at radius 1 is 1.00 bits per heavy atom. The fourth-order valence-electron chi connectivity index (χ4n) is 3.45. The van der Waals surface area contributed by atoms with E-state index in [2.05, 4.69) is 30.9 Å². The van der Waals surface area contributed by atoms with Gasteiger partial charge in [-0.25, -0.2) is 14.8 Å². The molecule has 0 aliphatic carbocycles. The number of carbonyl (C=O) groups excluding carboxylic acids is 3. The fourth-order valence-corrected chi connectivity index (χ4v) is 4.20. The van der Waals surface area contributed by atoms with Crippen LogP contribution in [0.5, 0.6) is 0 Å². The second-order valence-electron chi connectivity index (χ2n) is 8.24. The van der Waals surface area contributed by atoms with E-state index < -0.39 is 23.7 Å². The van der Waals surface area contributed by atoms with Crippen LogP contribution in [0.25, 0.3) is 0 Å². The minimum atomic E-state index is -4.50.